The smallest absolute Gasteiger partial charge is 0.408 e. The Bertz CT molecular complexity index is 974. The van der Waals surface area contributed by atoms with Gasteiger partial charge in [-0.05, 0) is 63.2 Å². The number of aliphatic carboxylic acids is 1. The van der Waals surface area contributed by atoms with E-state index in [0.29, 0.717) is 38.8 Å². The van der Waals surface area contributed by atoms with Crippen LogP contribution in [0, 0.1) is 29.1 Å². The first kappa shape index (κ1) is 27.2. The number of hydrogen-bond donors (Lipinski definition) is 4. The number of nitrogens with zero attached hydrogens (tertiary/aromatic N) is 1. The molecule has 206 valence electrons. The topological polar surface area (TPSA) is 154 Å². The summed E-state index contributed by atoms with van der Waals surface area (Å²) in [7, 11) is 0. The Morgan fingerprint density at radius 3 is 2.43 bits per heavy atom. The molecule has 7 atom stereocenters. The zero-order chi connectivity index (χ0) is 27.3. The summed E-state index contributed by atoms with van der Waals surface area (Å²) in [6.07, 6.45) is 1.68. The van der Waals surface area contributed by atoms with E-state index >= 15 is 0 Å². The molecule has 1 saturated carbocycles. The maximum Gasteiger partial charge on any atom is 0.408 e. The van der Waals surface area contributed by atoms with Crippen molar-refractivity contribution in [3.8, 4) is 0 Å². The SMILES string of the molecule is CC(C)(C)OC(=O)NC1CCCCC2CNC(=O)C2CC(C(=O)O)NC(=O)C2C3C(CN2C1=O)C3(C)C. The fourth-order valence-corrected chi connectivity index (χ4v) is 6.53. The highest BCUT2D eigenvalue weighted by atomic mass is 16.6. The second kappa shape index (κ2) is 9.79. The number of ether oxygens (including phenoxy) is 1. The monoisotopic (exact) mass is 520 g/mol. The van der Waals surface area contributed by atoms with Gasteiger partial charge in [-0.25, -0.2) is 9.59 Å². The van der Waals surface area contributed by atoms with Gasteiger partial charge < -0.3 is 30.7 Å². The fraction of sp³-hybridized carbons (Fsp3) is 0.808. The molecular weight excluding hydrogens is 480 g/mol. The average molecular weight is 521 g/mol. The van der Waals surface area contributed by atoms with Gasteiger partial charge in [-0.15, -0.1) is 0 Å². The van der Waals surface area contributed by atoms with Crippen LogP contribution in [0.2, 0.25) is 0 Å². The van der Waals surface area contributed by atoms with Crippen LogP contribution >= 0.6 is 0 Å². The highest BCUT2D eigenvalue weighted by Crippen LogP contribution is 2.65. The summed E-state index contributed by atoms with van der Waals surface area (Å²) in [5, 5.41) is 18.1. The number of nitrogens with one attached hydrogen (secondary N) is 3. The van der Waals surface area contributed by atoms with Gasteiger partial charge in [0.05, 0.1) is 0 Å². The van der Waals surface area contributed by atoms with Crippen LogP contribution in [-0.2, 0) is 23.9 Å². The molecule has 4 aliphatic rings. The summed E-state index contributed by atoms with van der Waals surface area (Å²) in [5.74, 6) is -2.84. The summed E-state index contributed by atoms with van der Waals surface area (Å²) < 4.78 is 5.39. The number of piperidine rings is 1. The number of hydrogen-bond acceptors (Lipinski definition) is 6. The Hall–Kier alpha value is -2.85. The third kappa shape index (κ3) is 5.55. The van der Waals surface area contributed by atoms with Crippen molar-refractivity contribution >= 4 is 29.8 Å². The van der Waals surface area contributed by atoms with E-state index in [-0.39, 0.29) is 41.4 Å². The van der Waals surface area contributed by atoms with Crippen LogP contribution in [0.5, 0.6) is 0 Å². The van der Waals surface area contributed by atoms with E-state index in [2.05, 4.69) is 16.0 Å². The van der Waals surface area contributed by atoms with Gasteiger partial charge in [-0.1, -0.05) is 26.7 Å². The van der Waals surface area contributed by atoms with Crippen LogP contribution in [0.25, 0.3) is 0 Å². The van der Waals surface area contributed by atoms with Gasteiger partial charge in [0.15, 0.2) is 0 Å². The van der Waals surface area contributed by atoms with Gasteiger partial charge >= 0.3 is 12.1 Å². The van der Waals surface area contributed by atoms with E-state index in [1.165, 1.54) is 4.90 Å². The van der Waals surface area contributed by atoms with E-state index in [1.54, 1.807) is 20.8 Å². The molecule has 3 heterocycles. The summed E-state index contributed by atoms with van der Waals surface area (Å²) in [6, 6.07) is -2.95. The molecule has 4 fully saturated rings. The first-order valence-electron chi connectivity index (χ1n) is 13.3. The molecule has 4 rings (SSSR count). The van der Waals surface area contributed by atoms with Crippen molar-refractivity contribution in [2.24, 2.45) is 29.1 Å². The Morgan fingerprint density at radius 2 is 1.78 bits per heavy atom. The molecule has 0 radical (unpaired) electrons. The van der Waals surface area contributed by atoms with Crippen molar-refractivity contribution in [1.82, 2.24) is 20.9 Å². The van der Waals surface area contributed by atoms with Crippen molar-refractivity contribution in [2.75, 3.05) is 13.1 Å². The molecule has 0 bridgehead atoms. The Labute approximate surface area is 217 Å². The van der Waals surface area contributed by atoms with Gasteiger partial charge in [0.1, 0.15) is 23.7 Å². The van der Waals surface area contributed by atoms with Crippen LogP contribution in [-0.4, -0.2) is 76.6 Å². The number of amides is 4. The predicted molar refractivity (Wildman–Crippen MR) is 132 cm³/mol. The van der Waals surface area contributed by atoms with Crippen LogP contribution in [0.15, 0.2) is 0 Å². The molecule has 0 spiro atoms. The van der Waals surface area contributed by atoms with Gasteiger partial charge in [-0.2, -0.15) is 0 Å². The summed E-state index contributed by atoms with van der Waals surface area (Å²) in [5.41, 5.74) is -0.896. The molecule has 4 N–H and O–H groups in total. The minimum Gasteiger partial charge on any atom is -0.480 e. The standard InChI is InChI=1S/C26H40N4O7/c1-25(2,3)37-24(36)29-16-9-7-6-8-13-11-27-20(31)14(13)10-17(23(34)35)28-21(32)19-18-15(26(18,4)5)12-30(19)22(16)33/h13-19H,6-12H2,1-5H3,(H,27,31)(H,28,32)(H,29,36)(H,34,35). The molecule has 1 aliphatic carbocycles. The molecule has 37 heavy (non-hydrogen) atoms. The Kier molecular flexibility index (Phi) is 7.20. The molecule has 11 nitrogen and oxygen atoms in total. The lowest BCUT2D eigenvalue weighted by molar-refractivity contribution is -0.146. The summed E-state index contributed by atoms with van der Waals surface area (Å²) in [4.78, 5) is 66.1. The van der Waals surface area contributed by atoms with Crippen molar-refractivity contribution in [2.45, 2.75) is 90.4 Å². The van der Waals surface area contributed by atoms with Crippen LogP contribution in [0.1, 0.15) is 66.7 Å². The molecule has 0 aromatic carbocycles. The van der Waals surface area contributed by atoms with E-state index < -0.39 is 47.6 Å². The number of fused-ring (bicyclic) bond motifs is 4. The second-order valence-corrected chi connectivity index (χ2v) is 12.6. The first-order chi connectivity index (χ1) is 17.2. The minimum atomic E-state index is -1.24. The van der Waals surface area contributed by atoms with Gasteiger partial charge in [0, 0.05) is 19.0 Å². The van der Waals surface area contributed by atoms with Gasteiger partial charge in [0.25, 0.3) is 0 Å². The number of carboxylic acids is 1. The van der Waals surface area contributed by atoms with Crippen molar-refractivity contribution in [3.05, 3.63) is 0 Å². The number of carboxylic acid groups (broad SMARTS) is 1. The maximum absolute atomic E-state index is 13.8. The van der Waals surface area contributed by atoms with Gasteiger partial charge in [-0.3, -0.25) is 14.4 Å². The fourth-order valence-electron chi connectivity index (χ4n) is 6.53. The van der Waals surface area contributed by atoms with Crippen molar-refractivity contribution in [1.29, 1.82) is 0 Å². The first-order valence-corrected chi connectivity index (χ1v) is 13.3. The molecular formula is C26H40N4O7. The number of alkyl carbamates (subject to hydrolysis) is 1. The zero-order valence-electron chi connectivity index (χ0n) is 22.3. The highest BCUT2D eigenvalue weighted by Gasteiger charge is 2.69. The predicted octanol–water partition coefficient (Wildman–Crippen LogP) is 1.26. The van der Waals surface area contributed by atoms with E-state index in [1.807, 2.05) is 13.8 Å². The average Bonchev–Trinajstić information content (AvgIpc) is 3.10. The summed E-state index contributed by atoms with van der Waals surface area (Å²) >= 11 is 0. The Morgan fingerprint density at radius 1 is 1.11 bits per heavy atom. The maximum atomic E-state index is 13.8. The number of carbonyl (C=O) groups is 5. The highest BCUT2D eigenvalue weighted by molar-refractivity contribution is 5.94. The number of rotatable bonds is 2. The van der Waals surface area contributed by atoms with Crippen LogP contribution < -0.4 is 16.0 Å². The lowest BCUT2D eigenvalue weighted by Gasteiger charge is -2.34. The molecule has 3 aliphatic heterocycles. The molecule has 7 unspecified atom stereocenters. The lowest BCUT2D eigenvalue weighted by atomic mass is 9.85. The zero-order valence-corrected chi connectivity index (χ0v) is 22.3. The Balaban J connectivity index is 1.62. The van der Waals surface area contributed by atoms with E-state index in [9.17, 15) is 29.1 Å². The quantitative estimate of drug-likeness (QED) is 0.427. The van der Waals surface area contributed by atoms with Gasteiger partial charge in [0.2, 0.25) is 17.7 Å². The largest absolute Gasteiger partial charge is 0.480 e. The third-order valence-corrected chi connectivity index (χ3v) is 8.62. The van der Waals surface area contributed by atoms with Crippen molar-refractivity contribution in [3.63, 3.8) is 0 Å². The van der Waals surface area contributed by atoms with Crippen LogP contribution in [0.4, 0.5) is 4.79 Å². The molecule has 11 heteroatoms. The normalized spacial score (nSPS) is 35.8. The molecule has 0 aromatic heterocycles. The van der Waals surface area contributed by atoms with Crippen LogP contribution in [0.3, 0.4) is 0 Å². The summed E-state index contributed by atoms with van der Waals surface area (Å²) in [6.45, 7) is 10.1. The van der Waals surface area contributed by atoms with E-state index in [0.717, 1.165) is 0 Å². The molecule has 3 saturated heterocycles. The van der Waals surface area contributed by atoms with E-state index in [4.69, 9.17) is 4.74 Å². The second-order valence-electron chi connectivity index (χ2n) is 12.6. The minimum absolute atomic E-state index is 0.0125. The number of carbonyl (C=O) groups excluding carboxylic acids is 4. The van der Waals surface area contributed by atoms with Crippen molar-refractivity contribution < 1.29 is 33.8 Å². The lowest BCUT2D eigenvalue weighted by Crippen LogP contribution is -2.58. The molecule has 4 amide bonds. The third-order valence-electron chi connectivity index (χ3n) is 8.62. The molecule has 0 aromatic rings.